The molecular weight excluding hydrogens is 433 g/mol. The van der Waals surface area contributed by atoms with Crippen molar-refractivity contribution in [1.82, 2.24) is 10.4 Å². The van der Waals surface area contributed by atoms with E-state index in [1.165, 1.54) is 18.6 Å². The number of amides is 1. The molecule has 1 fully saturated rings. The number of nitrogens with one attached hydrogen (secondary N) is 1. The largest absolute Gasteiger partial charge is 0.285 e. The molecule has 0 atom stereocenters. The second-order valence-electron chi connectivity index (χ2n) is 7.74. The average Bonchev–Trinajstić information content (AvgIpc) is 3.02. The molecule has 1 amide bonds. The SMILES string of the molecule is CC.O=C(NN1CCCCC1)c1ccc2c(c1)N=C(c1cccc(F)c1)c1ccccc1S2. The molecule has 0 saturated carbocycles. The number of rotatable bonds is 3. The Balaban J connectivity index is 0.00000126. The molecule has 0 radical (unpaired) electrons. The molecule has 6 heteroatoms. The smallest absolute Gasteiger partial charge is 0.265 e. The van der Waals surface area contributed by atoms with Crippen LogP contribution in [0.15, 0.2) is 81.5 Å². The maximum Gasteiger partial charge on any atom is 0.265 e. The maximum absolute atomic E-state index is 14.0. The first-order valence-electron chi connectivity index (χ1n) is 11.5. The fraction of sp³-hybridized carbons (Fsp3) is 0.259. The van der Waals surface area contributed by atoms with Gasteiger partial charge in [-0.3, -0.25) is 10.2 Å². The number of benzene rings is 3. The van der Waals surface area contributed by atoms with Gasteiger partial charge in [-0.1, -0.05) is 62.4 Å². The van der Waals surface area contributed by atoms with Gasteiger partial charge in [-0.15, -0.1) is 0 Å². The number of piperidine rings is 1. The summed E-state index contributed by atoms with van der Waals surface area (Å²) in [6.07, 6.45) is 3.40. The van der Waals surface area contributed by atoms with Crippen molar-refractivity contribution < 1.29 is 9.18 Å². The Kier molecular flexibility index (Phi) is 7.57. The fourth-order valence-corrected chi connectivity index (χ4v) is 4.96. The number of aliphatic imine (C=N–C) groups is 1. The molecule has 3 aromatic rings. The molecule has 3 aromatic carbocycles. The van der Waals surface area contributed by atoms with E-state index in [0.29, 0.717) is 22.5 Å². The third-order valence-corrected chi connectivity index (χ3v) is 6.67. The first-order chi connectivity index (χ1) is 16.2. The molecule has 0 aromatic heterocycles. The van der Waals surface area contributed by atoms with E-state index in [2.05, 4.69) is 5.43 Å². The van der Waals surface area contributed by atoms with Gasteiger partial charge in [0.25, 0.3) is 5.91 Å². The molecule has 1 N–H and O–H groups in total. The molecule has 170 valence electrons. The van der Waals surface area contributed by atoms with Crippen LogP contribution in [0, 0.1) is 5.82 Å². The molecule has 2 aliphatic rings. The van der Waals surface area contributed by atoms with E-state index in [1.54, 1.807) is 17.8 Å². The van der Waals surface area contributed by atoms with Crippen molar-refractivity contribution in [2.24, 2.45) is 4.99 Å². The molecule has 2 heterocycles. The van der Waals surface area contributed by atoms with Crippen LogP contribution in [0.25, 0.3) is 0 Å². The Morgan fingerprint density at radius 1 is 0.939 bits per heavy atom. The van der Waals surface area contributed by atoms with Crippen LogP contribution in [0.3, 0.4) is 0 Å². The Bertz CT molecular complexity index is 1170. The topological polar surface area (TPSA) is 44.7 Å². The van der Waals surface area contributed by atoms with Crippen LogP contribution >= 0.6 is 11.8 Å². The number of fused-ring (bicyclic) bond motifs is 2. The lowest BCUT2D eigenvalue weighted by Gasteiger charge is -2.26. The lowest BCUT2D eigenvalue weighted by molar-refractivity contribution is 0.0750. The van der Waals surface area contributed by atoms with Gasteiger partial charge in [0, 0.05) is 39.6 Å². The first-order valence-corrected chi connectivity index (χ1v) is 12.3. The highest BCUT2D eigenvalue weighted by Crippen LogP contribution is 2.41. The van der Waals surface area contributed by atoms with Gasteiger partial charge in [0.1, 0.15) is 5.82 Å². The Morgan fingerprint density at radius 2 is 1.73 bits per heavy atom. The molecule has 1 saturated heterocycles. The average molecular weight is 462 g/mol. The Labute approximate surface area is 198 Å². The third kappa shape index (κ3) is 5.34. The molecule has 33 heavy (non-hydrogen) atoms. The zero-order valence-electron chi connectivity index (χ0n) is 19.0. The van der Waals surface area contributed by atoms with Crippen molar-refractivity contribution in [2.75, 3.05) is 13.1 Å². The predicted molar refractivity (Wildman–Crippen MR) is 133 cm³/mol. The molecule has 5 rings (SSSR count). The van der Waals surface area contributed by atoms with Gasteiger partial charge >= 0.3 is 0 Å². The van der Waals surface area contributed by atoms with Crippen LogP contribution in [-0.4, -0.2) is 29.7 Å². The molecule has 0 unspecified atom stereocenters. The Morgan fingerprint density at radius 3 is 2.52 bits per heavy atom. The van der Waals surface area contributed by atoms with Crippen molar-refractivity contribution in [3.05, 3.63) is 89.2 Å². The Hall–Kier alpha value is -2.96. The molecule has 0 aliphatic carbocycles. The highest BCUT2D eigenvalue weighted by atomic mass is 32.2. The van der Waals surface area contributed by atoms with Crippen LogP contribution in [0.4, 0.5) is 10.1 Å². The van der Waals surface area contributed by atoms with Crippen molar-refractivity contribution in [3.63, 3.8) is 0 Å². The van der Waals surface area contributed by atoms with E-state index in [1.807, 2.05) is 67.4 Å². The molecule has 0 bridgehead atoms. The third-order valence-electron chi connectivity index (χ3n) is 5.53. The number of carbonyl (C=O) groups excluding carboxylic acids is 1. The lowest BCUT2D eigenvalue weighted by atomic mass is 10.0. The number of hydrogen-bond donors (Lipinski definition) is 1. The van der Waals surface area contributed by atoms with Gasteiger partial charge in [-0.25, -0.2) is 14.4 Å². The number of carbonyl (C=O) groups is 1. The molecule has 0 spiro atoms. The summed E-state index contributed by atoms with van der Waals surface area (Å²) < 4.78 is 14.0. The molecular formula is C27H28FN3OS. The summed E-state index contributed by atoms with van der Waals surface area (Å²) in [6, 6.07) is 20.1. The standard InChI is InChI=1S/C25H22FN3OS.C2H6/c26-19-8-6-7-17(15-19)24-20-9-2-3-10-22(20)31-23-12-11-18(16-21(23)27-24)25(30)28-29-13-4-1-5-14-29;1-2/h2-3,6-12,15-16H,1,4-5,13-14H2,(H,28,30);1-2H3. The summed E-state index contributed by atoms with van der Waals surface area (Å²) in [5, 5.41) is 1.99. The number of hydrogen-bond acceptors (Lipinski definition) is 4. The second kappa shape index (κ2) is 10.8. The van der Waals surface area contributed by atoms with Gasteiger partial charge in [0.2, 0.25) is 0 Å². The van der Waals surface area contributed by atoms with Crippen LogP contribution in [0.5, 0.6) is 0 Å². The minimum absolute atomic E-state index is 0.126. The van der Waals surface area contributed by atoms with Crippen molar-refractivity contribution >= 4 is 29.1 Å². The van der Waals surface area contributed by atoms with Crippen LogP contribution in [0.2, 0.25) is 0 Å². The van der Waals surface area contributed by atoms with E-state index in [0.717, 1.165) is 41.3 Å². The number of halogens is 1. The van der Waals surface area contributed by atoms with Gasteiger partial charge < -0.3 is 0 Å². The second-order valence-corrected chi connectivity index (χ2v) is 8.82. The van der Waals surface area contributed by atoms with E-state index in [4.69, 9.17) is 4.99 Å². The minimum Gasteiger partial charge on any atom is -0.285 e. The first kappa shape index (κ1) is 23.2. The highest BCUT2D eigenvalue weighted by molar-refractivity contribution is 7.99. The van der Waals surface area contributed by atoms with E-state index in [9.17, 15) is 9.18 Å². The predicted octanol–water partition coefficient (Wildman–Crippen LogP) is 6.62. The normalized spacial score (nSPS) is 15.2. The van der Waals surface area contributed by atoms with E-state index < -0.39 is 0 Å². The van der Waals surface area contributed by atoms with Crippen molar-refractivity contribution in [2.45, 2.75) is 42.9 Å². The van der Waals surface area contributed by atoms with Crippen LogP contribution < -0.4 is 5.43 Å². The van der Waals surface area contributed by atoms with Crippen molar-refractivity contribution in [1.29, 1.82) is 0 Å². The van der Waals surface area contributed by atoms with Crippen LogP contribution in [0.1, 0.15) is 54.6 Å². The molecule has 4 nitrogen and oxygen atoms in total. The summed E-state index contributed by atoms with van der Waals surface area (Å²) >= 11 is 1.61. The highest BCUT2D eigenvalue weighted by Gasteiger charge is 2.21. The fourth-order valence-electron chi connectivity index (χ4n) is 3.95. The monoisotopic (exact) mass is 461 g/mol. The number of hydrazine groups is 1. The summed E-state index contributed by atoms with van der Waals surface area (Å²) in [4.78, 5) is 19.8. The quantitative estimate of drug-likeness (QED) is 0.373. The van der Waals surface area contributed by atoms with Crippen LogP contribution in [-0.2, 0) is 0 Å². The van der Waals surface area contributed by atoms with Gasteiger partial charge in [-0.05, 0) is 49.2 Å². The summed E-state index contributed by atoms with van der Waals surface area (Å²) in [7, 11) is 0. The lowest BCUT2D eigenvalue weighted by Crippen LogP contribution is -2.45. The maximum atomic E-state index is 14.0. The zero-order valence-corrected chi connectivity index (χ0v) is 19.8. The van der Waals surface area contributed by atoms with Gasteiger partial charge in [0.15, 0.2) is 0 Å². The summed E-state index contributed by atoms with van der Waals surface area (Å²) in [5.41, 5.74) is 6.67. The number of nitrogens with zero attached hydrogens (tertiary/aromatic N) is 2. The van der Waals surface area contributed by atoms with Gasteiger partial charge in [-0.2, -0.15) is 0 Å². The summed E-state index contributed by atoms with van der Waals surface area (Å²) in [5.74, 6) is -0.427. The molecule has 2 aliphatic heterocycles. The van der Waals surface area contributed by atoms with E-state index >= 15 is 0 Å². The van der Waals surface area contributed by atoms with E-state index in [-0.39, 0.29) is 11.7 Å². The minimum atomic E-state index is -0.301. The summed E-state index contributed by atoms with van der Waals surface area (Å²) in [6.45, 7) is 5.76. The van der Waals surface area contributed by atoms with Gasteiger partial charge in [0.05, 0.1) is 11.4 Å². The van der Waals surface area contributed by atoms with Crippen molar-refractivity contribution in [3.8, 4) is 0 Å². The zero-order chi connectivity index (χ0) is 23.2.